The van der Waals surface area contributed by atoms with Crippen molar-refractivity contribution in [2.45, 2.75) is 0 Å². The van der Waals surface area contributed by atoms with Crippen molar-refractivity contribution in [1.82, 2.24) is 0 Å². The standard InChI is InChI=1S/C24H24N2O5/c1-29-24(28)18-11-13-19(14-12-18)26-23(27)17-25-21-9-5-6-10-22(21)31-16-15-30-20-7-3-2-4-8-20/h2-14,25H,15-17H2,1H3,(H,26,27). The number of para-hydroxylation sites is 3. The first kappa shape index (κ1) is 21.7. The molecule has 0 saturated heterocycles. The number of hydrogen-bond acceptors (Lipinski definition) is 6. The first-order valence-electron chi connectivity index (χ1n) is 9.77. The third-order valence-electron chi connectivity index (χ3n) is 4.27. The molecule has 0 aliphatic heterocycles. The quantitative estimate of drug-likeness (QED) is 0.381. The van der Waals surface area contributed by atoms with Gasteiger partial charge in [0.25, 0.3) is 0 Å². The molecule has 7 heteroatoms. The van der Waals surface area contributed by atoms with Crippen LogP contribution in [0.4, 0.5) is 11.4 Å². The summed E-state index contributed by atoms with van der Waals surface area (Å²) in [6.07, 6.45) is 0. The van der Waals surface area contributed by atoms with Gasteiger partial charge in [0.15, 0.2) is 0 Å². The molecule has 0 spiro atoms. The van der Waals surface area contributed by atoms with Crippen LogP contribution in [0.5, 0.6) is 11.5 Å². The summed E-state index contributed by atoms with van der Waals surface area (Å²) in [5.74, 6) is 0.765. The lowest BCUT2D eigenvalue weighted by Gasteiger charge is -2.14. The molecule has 0 bridgehead atoms. The van der Waals surface area contributed by atoms with E-state index in [1.807, 2.05) is 54.6 Å². The summed E-state index contributed by atoms with van der Waals surface area (Å²) in [5, 5.41) is 5.85. The number of nitrogens with one attached hydrogen (secondary N) is 2. The van der Waals surface area contributed by atoms with E-state index in [2.05, 4.69) is 15.4 Å². The van der Waals surface area contributed by atoms with Crippen LogP contribution >= 0.6 is 0 Å². The molecule has 1 amide bonds. The Hall–Kier alpha value is -4.00. The molecule has 3 aromatic rings. The van der Waals surface area contributed by atoms with E-state index in [0.29, 0.717) is 35.9 Å². The van der Waals surface area contributed by atoms with Crippen LogP contribution in [0.1, 0.15) is 10.4 Å². The Morgan fingerprint density at radius 1 is 0.806 bits per heavy atom. The van der Waals surface area contributed by atoms with E-state index in [4.69, 9.17) is 9.47 Å². The van der Waals surface area contributed by atoms with E-state index >= 15 is 0 Å². The topological polar surface area (TPSA) is 85.9 Å². The Balaban J connectivity index is 1.46. The second kappa shape index (κ2) is 11.3. The van der Waals surface area contributed by atoms with Crippen molar-refractivity contribution in [3.63, 3.8) is 0 Å². The lowest BCUT2D eigenvalue weighted by atomic mass is 10.2. The van der Waals surface area contributed by atoms with Gasteiger partial charge >= 0.3 is 5.97 Å². The highest BCUT2D eigenvalue weighted by Gasteiger charge is 2.08. The van der Waals surface area contributed by atoms with Gasteiger partial charge in [-0.3, -0.25) is 4.79 Å². The molecule has 0 atom stereocenters. The van der Waals surface area contributed by atoms with E-state index in [0.717, 1.165) is 5.75 Å². The number of hydrogen-bond donors (Lipinski definition) is 2. The van der Waals surface area contributed by atoms with Crippen molar-refractivity contribution in [1.29, 1.82) is 0 Å². The normalized spacial score (nSPS) is 10.1. The molecule has 160 valence electrons. The van der Waals surface area contributed by atoms with Crippen LogP contribution in [-0.2, 0) is 9.53 Å². The minimum absolute atomic E-state index is 0.0552. The van der Waals surface area contributed by atoms with Crippen LogP contribution in [0, 0.1) is 0 Å². The Kier molecular flexibility index (Phi) is 7.88. The molecule has 0 aliphatic carbocycles. The van der Waals surface area contributed by atoms with Crippen molar-refractivity contribution in [2.24, 2.45) is 0 Å². The molecule has 0 saturated carbocycles. The number of methoxy groups -OCH3 is 1. The summed E-state index contributed by atoms with van der Waals surface area (Å²) in [6, 6.07) is 23.4. The van der Waals surface area contributed by atoms with Crippen LogP contribution < -0.4 is 20.1 Å². The smallest absolute Gasteiger partial charge is 0.337 e. The Labute approximate surface area is 180 Å². The van der Waals surface area contributed by atoms with Crippen LogP contribution in [0.2, 0.25) is 0 Å². The average molecular weight is 420 g/mol. The number of rotatable bonds is 10. The van der Waals surface area contributed by atoms with Gasteiger partial charge in [0.1, 0.15) is 24.7 Å². The van der Waals surface area contributed by atoms with Crippen molar-refractivity contribution in [3.8, 4) is 11.5 Å². The number of esters is 1. The third kappa shape index (κ3) is 6.78. The van der Waals surface area contributed by atoms with Gasteiger partial charge in [0, 0.05) is 5.69 Å². The van der Waals surface area contributed by atoms with E-state index in [1.165, 1.54) is 7.11 Å². The molecule has 0 aliphatic rings. The van der Waals surface area contributed by atoms with Crippen molar-refractivity contribution in [2.75, 3.05) is 37.5 Å². The monoisotopic (exact) mass is 420 g/mol. The lowest BCUT2D eigenvalue weighted by molar-refractivity contribution is -0.114. The minimum atomic E-state index is -0.426. The Bertz CT molecular complexity index is 990. The predicted molar refractivity (Wildman–Crippen MR) is 119 cm³/mol. The highest BCUT2D eigenvalue weighted by Crippen LogP contribution is 2.23. The van der Waals surface area contributed by atoms with Crippen LogP contribution in [0.15, 0.2) is 78.9 Å². The number of carbonyl (C=O) groups excluding carboxylic acids is 2. The maximum atomic E-state index is 12.3. The summed E-state index contributed by atoms with van der Waals surface area (Å²) in [4.78, 5) is 23.7. The van der Waals surface area contributed by atoms with Gasteiger partial charge in [-0.1, -0.05) is 30.3 Å². The molecule has 31 heavy (non-hydrogen) atoms. The number of carbonyl (C=O) groups is 2. The fourth-order valence-electron chi connectivity index (χ4n) is 2.75. The van der Waals surface area contributed by atoms with Gasteiger partial charge in [-0.15, -0.1) is 0 Å². The molecule has 0 aromatic heterocycles. The van der Waals surface area contributed by atoms with Gasteiger partial charge in [-0.25, -0.2) is 4.79 Å². The van der Waals surface area contributed by atoms with Crippen LogP contribution in [0.25, 0.3) is 0 Å². The van der Waals surface area contributed by atoms with Gasteiger partial charge in [0.2, 0.25) is 5.91 Å². The SMILES string of the molecule is COC(=O)c1ccc(NC(=O)CNc2ccccc2OCCOc2ccccc2)cc1. The first-order valence-corrected chi connectivity index (χ1v) is 9.77. The average Bonchev–Trinajstić information content (AvgIpc) is 2.82. The number of anilines is 2. The molecule has 0 fully saturated rings. The summed E-state index contributed by atoms with van der Waals surface area (Å²) < 4.78 is 16.1. The van der Waals surface area contributed by atoms with Crippen molar-refractivity contribution < 1.29 is 23.8 Å². The van der Waals surface area contributed by atoms with Gasteiger partial charge in [0.05, 0.1) is 24.9 Å². The molecular weight excluding hydrogens is 396 g/mol. The summed E-state index contributed by atoms with van der Waals surface area (Å²) in [7, 11) is 1.32. The van der Waals surface area contributed by atoms with E-state index < -0.39 is 5.97 Å². The molecular formula is C24H24N2O5. The number of benzene rings is 3. The van der Waals surface area contributed by atoms with Crippen LogP contribution in [0.3, 0.4) is 0 Å². The minimum Gasteiger partial charge on any atom is -0.490 e. The van der Waals surface area contributed by atoms with Gasteiger partial charge in [-0.2, -0.15) is 0 Å². The van der Waals surface area contributed by atoms with Crippen LogP contribution in [-0.4, -0.2) is 38.7 Å². The van der Waals surface area contributed by atoms with Gasteiger partial charge < -0.3 is 24.8 Å². The highest BCUT2D eigenvalue weighted by molar-refractivity contribution is 5.95. The second-order valence-corrected chi connectivity index (χ2v) is 6.48. The molecule has 0 heterocycles. The molecule has 3 rings (SSSR count). The highest BCUT2D eigenvalue weighted by atomic mass is 16.5. The fraction of sp³-hybridized carbons (Fsp3) is 0.167. The Morgan fingerprint density at radius 2 is 1.48 bits per heavy atom. The second-order valence-electron chi connectivity index (χ2n) is 6.48. The predicted octanol–water partition coefficient (Wildman–Crippen LogP) is 3.98. The maximum Gasteiger partial charge on any atom is 0.337 e. The summed E-state index contributed by atoms with van der Waals surface area (Å²) in [6.45, 7) is 0.826. The van der Waals surface area contributed by atoms with Crippen molar-refractivity contribution >= 4 is 23.3 Å². The molecule has 7 nitrogen and oxygen atoms in total. The molecule has 3 aromatic carbocycles. The van der Waals surface area contributed by atoms with E-state index in [-0.39, 0.29) is 12.5 Å². The largest absolute Gasteiger partial charge is 0.490 e. The fourth-order valence-corrected chi connectivity index (χ4v) is 2.75. The maximum absolute atomic E-state index is 12.3. The number of amides is 1. The Morgan fingerprint density at radius 3 is 2.23 bits per heavy atom. The summed E-state index contributed by atoms with van der Waals surface area (Å²) >= 11 is 0. The third-order valence-corrected chi connectivity index (χ3v) is 4.27. The van der Waals surface area contributed by atoms with Gasteiger partial charge in [-0.05, 0) is 48.5 Å². The first-order chi connectivity index (χ1) is 15.2. The molecule has 2 N–H and O–H groups in total. The number of ether oxygens (including phenoxy) is 3. The van der Waals surface area contributed by atoms with E-state index in [1.54, 1.807) is 24.3 Å². The molecule has 0 unspecified atom stereocenters. The zero-order valence-electron chi connectivity index (χ0n) is 17.2. The zero-order valence-corrected chi connectivity index (χ0v) is 17.2. The molecule has 0 radical (unpaired) electrons. The zero-order chi connectivity index (χ0) is 21.9. The van der Waals surface area contributed by atoms with E-state index in [9.17, 15) is 9.59 Å². The summed E-state index contributed by atoms with van der Waals surface area (Å²) in [5.41, 5.74) is 1.71. The lowest BCUT2D eigenvalue weighted by Crippen LogP contribution is -2.22. The van der Waals surface area contributed by atoms with Crippen molar-refractivity contribution in [3.05, 3.63) is 84.4 Å².